The quantitative estimate of drug-likeness (QED) is 0.531. The number of hydrogen-bond donors (Lipinski definition) is 3. The Morgan fingerprint density at radius 2 is 1.86 bits per heavy atom. The van der Waals surface area contributed by atoms with E-state index in [1.54, 1.807) is 23.8 Å². The summed E-state index contributed by atoms with van der Waals surface area (Å²) >= 11 is 0. The number of nitrogens with zero attached hydrogens (tertiary/aromatic N) is 4. The molecule has 2 aromatic heterocycles. The molecule has 3 N–H and O–H groups in total. The van der Waals surface area contributed by atoms with Crippen LogP contribution in [0.5, 0.6) is 0 Å². The normalized spacial score (nSPS) is 27.4. The van der Waals surface area contributed by atoms with Crippen molar-refractivity contribution < 1.29 is 18.3 Å². The zero-order valence-electron chi connectivity index (χ0n) is 20.0. The van der Waals surface area contributed by atoms with Gasteiger partial charge in [0.2, 0.25) is 5.95 Å². The van der Waals surface area contributed by atoms with Crippen molar-refractivity contribution in [1.29, 1.82) is 0 Å². The highest BCUT2D eigenvalue weighted by atomic mass is 32.2. The molecule has 0 aromatic carbocycles. The molecule has 2 aliphatic heterocycles. The molecule has 11 nitrogen and oxygen atoms in total. The van der Waals surface area contributed by atoms with E-state index in [0.29, 0.717) is 76.4 Å². The van der Waals surface area contributed by atoms with E-state index in [-0.39, 0.29) is 23.7 Å². The molecular formula is C23H34N6O5S. The Bertz CT molecular complexity index is 1220. The van der Waals surface area contributed by atoms with Crippen molar-refractivity contribution in [1.82, 2.24) is 23.6 Å². The van der Waals surface area contributed by atoms with Crippen LogP contribution in [0.4, 0.5) is 5.95 Å². The topological polar surface area (TPSA) is 139 Å². The number of rotatable bonds is 6. The van der Waals surface area contributed by atoms with Crippen molar-refractivity contribution in [3.63, 3.8) is 0 Å². The van der Waals surface area contributed by atoms with E-state index in [4.69, 9.17) is 4.74 Å². The zero-order valence-corrected chi connectivity index (χ0v) is 20.8. The molecule has 0 radical (unpaired) electrons. The second kappa shape index (κ2) is 9.74. The van der Waals surface area contributed by atoms with Gasteiger partial charge < -0.3 is 15.2 Å². The van der Waals surface area contributed by atoms with E-state index in [1.165, 1.54) is 10.4 Å². The summed E-state index contributed by atoms with van der Waals surface area (Å²) in [7, 11) is -3.53. The third-order valence-corrected chi connectivity index (χ3v) is 9.20. The van der Waals surface area contributed by atoms with Gasteiger partial charge in [0.1, 0.15) is 5.65 Å². The molecule has 3 aliphatic rings. The van der Waals surface area contributed by atoms with E-state index in [9.17, 15) is 18.3 Å². The first-order valence-corrected chi connectivity index (χ1v) is 13.9. The second-order valence-electron chi connectivity index (χ2n) is 10.1. The fourth-order valence-corrected chi connectivity index (χ4v) is 6.97. The molecule has 2 saturated heterocycles. The Morgan fingerprint density at radius 1 is 1.11 bits per heavy atom. The van der Waals surface area contributed by atoms with E-state index in [2.05, 4.69) is 20.0 Å². The molecule has 1 aliphatic carbocycles. The molecule has 4 heterocycles. The standard InChI is InChI=1S/C23H34N6O5S/c1-23(31)10-2-3-19(23)29-20(30)5-4-16-15-24-22(26-21(16)29)25-17-6-11-28(12-7-17)35(32,33)27-18-8-13-34-14-9-18/h4-5,15,17-19,27,31H,2-3,6-14H2,1H3,(H,24,25,26)/t19-,23-/m1/s1. The van der Waals surface area contributed by atoms with Crippen LogP contribution in [0, 0.1) is 0 Å². The molecule has 0 spiro atoms. The Kier molecular flexibility index (Phi) is 6.83. The van der Waals surface area contributed by atoms with Gasteiger partial charge in [0.15, 0.2) is 0 Å². The summed E-state index contributed by atoms with van der Waals surface area (Å²) in [5.74, 6) is 0.399. The van der Waals surface area contributed by atoms with Crippen LogP contribution in [-0.2, 0) is 14.9 Å². The van der Waals surface area contributed by atoms with Crippen LogP contribution in [0.2, 0.25) is 0 Å². The molecule has 0 unspecified atom stereocenters. The lowest BCUT2D eigenvalue weighted by molar-refractivity contribution is 0.0267. The molecule has 12 heteroatoms. The maximum absolute atomic E-state index is 12.8. The second-order valence-corrected chi connectivity index (χ2v) is 11.8. The molecule has 0 bridgehead atoms. The number of anilines is 1. The van der Waals surface area contributed by atoms with E-state index >= 15 is 0 Å². The van der Waals surface area contributed by atoms with Crippen LogP contribution in [0.1, 0.15) is 57.9 Å². The Labute approximate surface area is 205 Å². The van der Waals surface area contributed by atoms with Crippen molar-refractivity contribution >= 4 is 27.2 Å². The fourth-order valence-electron chi connectivity index (χ4n) is 5.47. The van der Waals surface area contributed by atoms with Crippen LogP contribution >= 0.6 is 0 Å². The number of aliphatic hydroxyl groups is 1. The zero-order chi connectivity index (χ0) is 24.6. The van der Waals surface area contributed by atoms with Crippen molar-refractivity contribution in [2.45, 2.75) is 75.6 Å². The van der Waals surface area contributed by atoms with Crippen LogP contribution in [0.15, 0.2) is 23.1 Å². The maximum Gasteiger partial charge on any atom is 0.279 e. The molecule has 192 valence electrons. The number of ether oxygens (including phenoxy) is 1. The highest BCUT2D eigenvalue weighted by molar-refractivity contribution is 7.87. The van der Waals surface area contributed by atoms with Gasteiger partial charge in [-0.05, 0) is 57.9 Å². The number of pyridine rings is 1. The molecule has 3 fully saturated rings. The summed E-state index contributed by atoms with van der Waals surface area (Å²) in [5.41, 5.74) is -0.652. The summed E-state index contributed by atoms with van der Waals surface area (Å²) in [6, 6.07) is 2.81. The van der Waals surface area contributed by atoms with Gasteiger partial charge in [0.05, 0.1) is 11.6 Å². The maximum atomic E-state index is 12.8. The first-order valence-electron chi connectivity index (χ1n) is 12.5. The van der Waals surface area contributed by atoms with Crippen molar-refractivity contribution in [3.05, 3.63) is 28.7 Å². The van der Waals surface area contributed by atoms with Gasteiger partial charge in [0, 0.05) is 56.0 Å². The number of hydrogen-bond acceptors (Lipinski definition) is 8. The van der Waals surface area contributed by atoms with Gasteiger partial charge in [-0.1, -0.05) is 0 Å². The highest BCUT2D eigenvalue weighted by Gasteiger charge is 2.39. The lowest BCUT2D eigenvalue weighted by Crippen LogP contribution is -2.50. The van der Waals surface area contributed by atoms with E-state index in [0.717, 1.165) is 11.8 Å². The van der Waals surface area contributed by atoms with Crippen LogP contribution < -0.4 is 15.6 Å². The average Bonchev–Trinajstić information content (AvgIpc) is 3.18. The number of fused-ring (bicyclic) bond motifs is 1. The molecule has 0 amide bonds. The Hall–Kier alpha value is -2.12. The first-order chi connectivity index (χ1) is 16.7. The number of aromatic nitrogens is 3. The number of piperidine rings is 1. The molecule has 2 aromatic rings. The minimum absolute atomic E-state index is 0.0143. The molecule has 5 rings (SSSR count). The van der Waals surface area contributed by atoms with Gasteiger partial charge in [-0.3, -0.25) is 9.36 Å². The van der Waals surface area contributed by atoms with Crippen molar-refractivity contribution in [2.24, 2.45) is 0 Å². The molecule has 1 saturated carbocycles. The van der Waals surface area contributed by atoms with Crippen molar-refractivity contribution in [3.8, 4) is 0 Å². The fraction of sp³-hybridized carbons (Fsp3) is 0.696. The van der Waals surface area contributed by atoms with Gasteiger partial charge >= 0.3 is 0 Å². The number of nitrogens with one attached hydrogen (secondary N) is 2. The lowest BCUT2D eigenvalue weighted by atomic mass is 10.00. The summed E-state index contributed by atoms with van der Waals surface area (Å²) in [5, 5.41) is 14.9. The third kappa shape index (κ3) is 5.21. The predicted octanol–water partition coefficient (Wildman–Crippen LogP) is 1.16. The van der Waals surface area contributed by atoms with E-state index in [1.807, 2.05) is 0 Å². The van der Waals surface area contributed by atoms with Crippen LogP contribution in [0.25, 0.3) is 11.0 Å². The molecule has 35 heavy (non-hydrogen) atoms. The third-order valence-electron chi connectivity index (χ3n) is 7.52. The Morgan fingerprint density at radius 3 is 2.54 bits per heavy atom. The molecule has 2 atom stereocenters. The summed E-state index contributed by atoms with van der Waals surface area (Å²) in [6.07, 6.45) is 6.51. The van der Waals surface area contributed by atoms with Gasteiger partial charge in [-0.15, -0.1) is 0 Å². The van der Waals surface area contributed by atoms with Crippen molar-refractivity contribution in [2.75, 3.05) is 31.6 Å². The minimum atomic E-state index is -3.53. The van der Waals surface area contributed by atoms with Crippen LogP contribution in [-0.4, -0.2) is 76.4 Å². The van der Waals surface area contributed by atoms with Gasteiger partial charge in [-0.2, -0.15) is 22.4 Å². The van der Waals surface area contributed by atoms with E-state index < -0.39 is 15.8 Å². The summed E-state index contributed by atoms with van der Waals surface area (Å²) in [6.45, 7) is 3.74. The highest BCUT2D eigenvalue weighted by Crippen LogP contribution is 2.39. The van der Waals surface area contributed by atoms with Gasteiger partial charge in [-0.25, -0.2) is 4.98 Å². The first kappa shape index (κ1) is 24.6. The lowest BCUT2D eigenvalue weighted by Gasteiger charge is -2.33. The smallest absolute Gasteiger partial charge is 0.279 e. The molecular weight excluding hydrogens is 472 g/mol. The largest absolute Gasteiger partial charge is 0.388 e. The minimum Gasteiger partial charge on any atom is -0.388 e. The van der Waals surface area contributed by atoms with Gasteiger partial charge in [0.25, 0.3) is 15.8 Å². The van der Waals surface area contributed by atoms with Crippen LogP contribution in [0.3, 0.4) is 0 Å². The predicted molar refractivity (Wildman–Crippen MR) is 131 cm³/mol. The monoisotopic (exact) mass is 506 g/mol. The average molecular weight is 507 g/mol. The summed E-state index contributed by atoms with van der Waals surface area (Å²) < 4.78 is 36.8. The SMILES string of the molecule is C[C@@]1(O)CCC[C@H]1n1c(=O)ccc2cnc(NC3CCN(S(=O)(=O)NC4CCOCC4)CC3)nc21. The Balaban J connectivity index is 1.28. The summed E-state index contributed by atoms with van der Waals surface area (Å²) in [4.78, 5) is 21.9.